The largest absolute Gasteiger partial charge is 0.336 e. The highest BCUT2D eigenvalue weighted by atomic mass is 32.2. The van der Waals surface area contributed by atoms with E-state index in [1.54, 1.807) is 6.92 Å². The number of hydrogen-bond acceptors (Lipinski definition) is 4. The number of imide groups is 1. The number of thioether (sulfide) groups is 1. The molecular weight excluding hydrogens is 322 g/mol. The molecule has 0 bridgehead atoms. The van der Waals surface area contributed by atoms with Crippen LogP contribution in [0.25, 0.3) is 10.9 Å². The van der Waals surface area contributed by atoms with Crippen molar-refractivity contribution in [3.05, 3.63) is 35.4 Å². The Morgan fingerprint density at radius 3 is 2.50 bits per heavy atom. The molecule has 5 nitrogen and oxygen atoms in total. The number of benzene rings is 1. The van der Waals surface area contributed by atoms with Gasteiger partial charge in [-0.1, -0.05) is 30.0 Å². The molecule has 0 unspecified atom stereocenters. The Kier molecular flexibility index (Phi) is 5.83. The van der Waals surface area contributed by atoms with Crippen molar-refractivity contribution in [2.45, 2.75) is 50.9 Å². The third kappa shape index (κ3) is 4.47. The molecule has 2 aromatic rings. The van der Waals surface area contributed by atoms with Crippen molar-refractivity contribution >= 4 is 34.6 Å². The monoisotopic (exact) mass is 345 g/mol. The summed E-state index contributed by atoms with van der Waals surface area (Å²) in [6.07, 6.45) is 0. The number of aryl methyl sites for hydroxylation is 2. The lowest BCUT2D eigenvalue weighted by molar-refractivity contribution is -0.119. The maximum Gasteiger partial charge on any atom is 0.321 e. The van der Waals surface area contributed by atoms with Crippen LogP contribution >= 0.6 is 11.8 Å². The zero-order valence-electron chi connectivity index (χ0n) is 14.6. The molecule has 1 heterocycles. The van der Waals surface area contributed by atoms with Crippen molar-refractivity contribution in [1.82, 2.24) is 15.6 Å². The van der Waals surface area contributed by atoms with Gasteiger partial charge >= 0.3 is 6.03 Å². The van der Waals surface area contributed by atoms with E-state index in [0.717, 1.165) is 27.1 Å². The number of pyridine rings is 1. The second-order valence-corrected chi connectivity index (χ2v) is 7.49. The maximum atomic E-state index is 12.1. The van der Waals surface area contributed by atoms with Crippen LogP contribution in [0.1, 0.15) is 31.9 Å². The van der Waals surface area contributed by atoms with E-state index in [1.165, 1.54) is 11.8 Å². The summed E-state index contributed by atoms with van der Waals surface area (Å²) in [5.41, 5.74) is 3.17. The van der Waals surface area contributed by atoms with Crippen LogP contribution in [0.15, 0.2) is 29.3 Å². The number of carbonyl (C=O) groups is 2. The molecule has 1 atom stereocenters. The number of nitrogens with one attached hydrogen (secondary N) is 2. The van der Waals surface area contributed by atoms with E-state index in [9.17, 15) is 9.59 Å². The SMILES string of the molecule is Cc1cc(S[C@H](C)C(=O)NC(=O)NC(C)C)nc2c(C)cccc12. The molecule has 3 amide bonds. The van der Waals surface area contributed by atoms with Gasteiger partial charge in [0.25, 0.3) is 0 Å². The van der Waals surface area contributed by atoms with Crippen molar-refractivity contribution in [1.29, 1.82) is 0 Å². The number of para-hydroxylation sites is 1. The van der Waals surface area contributed by atoms with Gasteiger partial charge in [-0.25, -0.2) is 9.78 Å². The molecule has 0 aliphatic heterocycles. The number of carbonyl (C=O) groups excluding carboxylic acids is 2. The average Bonchev–Trinajstić information content (AvgIpc) is 2.47. The molecule has 0 aliphatic rings. The van der Waals surface area contributed by atoms with Gasteiger partial charge in [0.2, 0.25) is 5.91 Å². The first-order valence-corrected chi connectivity index (χ1v) is 8.81. The highest BCUT2D eigenvalue weighted by molar-refractivity contribution is 8.00. The van der Waals surface area contributed by atoms with Gasteiger partial charge in [0, 0.05) is 11.4 Å². The Labute approximate surface area is 146 Å². The van der Waals surface area contributed by atoms with E-state index in [1.807, 2.05) is 52.0 Å². The van der Waals surface area contributed by atoms with Crippen molar-refractivity contribution in [2.24, 2.45) is 0 Å². The summed E-state index contributed by atoms with van der Waals surface area (Å²) in [7, 11) is 0. The molecule has 0 saturated heterocycles. The molecule has 2 rings (SSSR count). The number of nitrogens with zero attached hydrogens (tertiary/aromatic N) is 1. The summed E-state index contributed by atoms with van der Waals surface area (Å²) < 4.78 is 0. The Morgan fingerprint density at radius 1 is 1.12 bits per heavy atom. The lowest BCUT2D eigenvalue weighted by atomic mass is 10.1. The van der Waals surface area contributed by atoms with Crippen molar-refractivity contribution in [3.63, 3.8) is 0 Å². The van der Waals surface area contributed by atoms with Gasteiger partial charge in [-0.15, -0.1) is 0 Å². The molecule has 0 saturated carbocycles. The first kappa shape index (κ1) is 18.3. The smallest absolute Gasteiger partial charge is 0.321 e. The Balaban J connectivity index is 2.13. The summed E-state index contributed by atoms with van der Waals surface area (Å²) in [5.74, 6) is -0.331. The van der Waals surface area contributed by atoms with Crippen LogP contribution < -0.4 is 10.6 Å². The van der Waals surface area contributed by atoms with E-state index in [-0.39, 0.29) is 11.9 Å². The standard InChI is InChI=1S/C18H23N3O2S/c1-10(2)19-18(23)21-17(22)13(5)24-15-9-12(4)14-8-6-7-11(3)16(14)20-15/h6-10,13H,1-5H3,(H2,19,21,22,23)/t13-/m1/s1. The minimum Gasteiger partial charge on any atom is -0.336 e. The van der Waals surface area contributed by atoms with Crippen LogP contribution in [-0.4, -0.2) is 28.2 Å². The second kappa shape index (κ2) is 7.66. The Hall–Kier alpha value is -2.08. The van der Waals surface area contributed by atoms with Gasteiger partial charge in [-0.2, -0.15) is 0 Å². The van der Waals surface area contributed by atoms with Crippen LogP contribution in [0.3, 0.4) is 0 Å². The van der Waals surface area contributed by atoms with Crippen molar-refractivity contribution in [3.8, 4) is 0 Å². The number of fused-ring (bicyclic) bond motifs is 1. The first-order valence-electron chi connectivity index (χ1n) is 7.93. The number of aromatic nitrogens is 1. The number of amides is 3. The number of rotatable bonds is 4. The van der Waals surface area contributed by atoms with Crippen LogP contribution in [0.2, 0.25) is 0 Å². The molecule has 0 aliphatic carbocycles. The highest BCUT2D eigenvalue weighted by Gasteiger charge is 2.18. The molecule has 2 N–H and O–H groups in total. The quantitative estimate of drug-likeness (QED) is 0.831. The molecule has 128 valence electrons. The third-order valence-electron chi connectivity index (χ3n) is 3.55. The molecule has 0 radical (unpaired) electrons. The fourth-order valence-corrected chi connectivity index (χ4v) is 3.25. The minimum atomic E-state index is -0.471. The summed E-state index contributed by atoms with van der Waals surface area (Å²) in [4.78, 5) is 28.4. The molecule has 6 heteroatoms. The summed E-state index contributed by atoms with van der Waals surface area (Å²) in [6.45, 7) is 9.50. The van der Waals surface area contributed by atoms with Crippen LogP contribution in [0.5, 0.6) is 0 Å². The topological polar surface area (TPSA) is 71.1 Å². The average molecular weight is 345 g/mol. The van der Waals surface area contributed by atoms with E-state index < -0.39 is 11.3 Å². The normalized spacial score (nSPS) is 12.2. The third-order valence-corrected chi connectivity index (χ3v) is 4.57. The zero-order chi connectivity index (χ0) is 17.9. The number of urea groups is 1. The van der Waals surface area contributed by atoms with E-state index >= 15 is 0 Å². The Bertz CT molecular complexity index is 774. The molecule has 1 aromatic heterocycles. The first-order chi connectivity index (χ1) is 11.3. The predicted octanol–water partition coefficient (Wildman–Crippen LogP) is 3.57. The van der Waals surface area contributed by atoms with E-state index in [0.29, 0.717) is 0 Å². The molecule has 0 spiro atoms. The van der Waals surface area contributed by atoms with Gasteiger partial charge in [0.1, 0.15) is 0 Å². The lowest BCUT2D eigenvalue weighted by Crippen LogP contribution is -2.45. The molecule has 0 fully saturated rings. The van der Waals surface area contributed by atoms with Crippen molar-refractivity contribution < 1.29 is 9.59 Å². The maximum absolute atomic E-state index is 12.1. The van der Waals surface area contributed by atoms with Gasteiger partial charge in [0.15, 0.2) is 0 Å². The van der Waals surface area contributed by atoms with Gasteiger partial charge in [-0.05, 0) is 51.8 Å². The number of hydrogen-bond donors (Lipinski definition) is 2. The summed E-state index contributed by atoms with van der Waals surface area (Å²) >= 11 is 1.35. The molecule has 24 heavy (non-hydrogen) atoms. The Morgan fingerprint density at radius 2 is 1.83 bits per heavy atom. The van der Waals surface area contributed by atoms with Gasteiger partial charge in [0.05, 0.1) is 15.8 Å². The van der Waals surface area contributed by atoms with Crippen molar-refractivity contribution in [2.75, 3.05) is 0 Å². The minimum absolute atomic E-state index is 0.0199. The van der Waals surface area contributed by atoms with E-state index in [4.69, 9.17) is 0 Å². The van der Waals surface area contributed by atoms with Gasteiger partial charge < -0.3 is 5.32 Å². The van der Waals surface area contributed by atoms with Crippen LogP contribution in [0, 0.1) is 13.8 Å². The van der Waals surface area contributed by atoms with Crippen LogP contribution in [-0.2, 0) is 4.79 Å². The fraction of sp³-hybridized carbons (Fsp3) is 0.389. The second-order valence-electron chi connectivity index (χ2n) is 6.13. The summed E-state index contributed by atoms with van der Waals surface area (Å²) in [6, 6.07) is 7.57. The lowest BCUT2D eigenvalue weighted by Gasteiger charge is -2.14. The molecular formula is C18H23N3O2S. The summed E-state index contributed by atoms with van der Waals surface area (Å²) in [5, 5.41) is 6.47. The fourth-order valence-electron chi connectivity index (χ4n) is 2.34. The predicted molar refractivity (Wildman–Crippen MR) is 98.3 cm³/mol. The van der Waals surface area contributed by atoms with Crippen LogP contribution in [0.4, 0.5) is 4.79 Å². The zero-order valence-corrected chi connectivity index (χ0v) is 15.5. The highest BCUT2D eigenvalue weighted by Crippen LogP contribution is 2.28. The van der Waals surface area contributed by atoms with Gasteiger partial charge in [-0.3, -0.25) is 10.1 Å². The van der Waals surface area contributed by atoms with E-state index in [2.05, 4.69) is 15.6 Å². The molecule has 1 aromatic carbocycles.